The van der Waals surface area contributed by atoms with Gasteiger partial charge in [0.15, 0.2) is 5.13 Å². The number of amides is 1. The first kappa shape index (κ1) is 18.7. The van der Waals surface area contributed by atoms with Crippen LogP contribution in [-0.4, -0.2) is 33.9 Å². The molecule has 1 aliphatic heterocycles. The van der Waals surface area contributed by atoms with Crippen molar-refractivity contribution >= 4 is 40.0 Å². The van der Waals surface area contributed by atoms with Gasteiger partial charge in [-0.1, -0.05) is 47.4 Å². The van der Waals surface area contributed by atoms with Crippen LogP contribution in [0.1, 0.15) is 22.3 Å². The maximum atomic E-state index is 12.9. The predicted molar refractivity (Wildman–Crippen MR) is 115 cm³/mol. The number of thiazole rings is 1. The Morgan fingerprint density at radius 2 is 2.14 bits per heavy atom. The fourth-order valence-corrected chi connectivity index (χ4v) is 4.82. The smallest absolute Gasteiger partial charge is 0.254 e. The first-order chi connectivity index (χ1) is 13.7. The second-order valence-electron chi connectivity index (χ2n) is 6.41. The van der Waals surface area contributed by atoms with Crippen LogP contribution in [-0.2, 0) is 0 Å². The minimum Gasteiger partial charge on any atom is -0.335 e. The third-order valence-electron chi connectivity index (χ3n) is 4.39. The molecule has 142 valence electrons. The number of nitrogens with zero attached hydrogens (tertiary/aromatic N) is 3. The number of aryl methyl sites for hydroxylation is 1. The Morgan fingerprint density at radius 3 is 2.93 bits per heavy atom. The maximum Gasteiger partial charge on any atom is 0.254 e. The van der Waals surface area contributed by atoms with Crippen molar-refractivity contribution in [3.8, 4) is 0 Å². The molecule has 3 heterocycles. The van der Waals surface area contributed by atoms with E-state index in [4.69, 9.17) is 0 Å². The molecule has 2 aromatic heterocycles. The van der Waals surface area contributed by atoms with Gasteiger partial charge in [-0.15, -0.1) is 0 Å². The van der Waals surface area contributed by atoms with Crippen molar-refractivity contribution < 1.29 is 4.79 Å². The topological polar surface area (TPSA) is 58.1 Å². The van der Waals surface area contributed by atoms with Crippen molar-refractivity contribution in [1.82, 2.24) is 14.9 Å². The van der Waals surface area contributed by atoms with Gasteiger partial charge in [-0.3, -0.25) is 4.79 Å². The molecular weight excluding hydrogens is 388 g/mol. The van der Waals surface area contributed by atoms with E-state index < -0.39 is 0 Å². The summed E-state index contributed by atoms with van der Waals surface area (Å²) in [4.78, 5) is 24.5. The van der Waals surface area contributed by atoms with Gasteiger partial charge in [-0.05, 0) is 43.2 Å². The van der Waals surface area contributed by atoms with Gasteiger partial charge >= 0.3 is 0 Å². The Labute approximate surface area is 172 Å². The SMILES string of the molecule is Cc1ccc(Sc2cnc(Nc3ccccn3)s2)cc1C(=O)N1CC=CCC1. The Kier molecular flexibility index (Phi) is 5.73. The first-order valence-electron chi connectivity index (χ1n) is 9.06. The first-order valence-corrected chi connectivity index (χ1v) is 10.7. The fourth-order valence-electron chi connectivity index (χ4n) is 2.92. The normalized spacial score (nSPS) is 13.5. The molecular formula is C21H20N4OS2. The Balaban J connectivity index is 1.48. The molecule has 3 aromatic rings. The molecule has 0 saturated carbocycles. The van der Waals surface area contributed by atoms with Crippen LogP contribution in [0.5, 0.6) is 0 Å². The second-order valence-corrected chi connectivity index (χ2v) is 8.82. The molecule has 0 atom stereocenters. The van der Waals surface area contributed by atoms with Gasteiger partial charge in [0.1, 0.15) is 5.82 Å². The van der Waals surface area contributed by atoms with E-state index in [-0.39, 0.29) is 5.91 Å². The summed E-state index contributed by atoms with van der Waals surface area (Å²) in [5.74, 6) is 0.873. The molecule has 0 spiro atoms. The molecule has 0 fully saturated rings. The number of carbonyl (C=O) groups excluding carboxylic acids is 1. The summed E-state index contributed by atoms with van der Waals surface area (Å²) in [6.07, 6.45) is 8.70. The third-order valence-corrected chi connectivity index (χ3v) is 6.39. The van der Waals surface area contributed by atoms with Crippen LogP contribution in [0.2, 0.25) is 0 Å². The zero-order chi connectivity index (χ0) is 19.3. The molecule has 1 aliphatic rings. The molecule has 7 heteroatoms. The number of carbonyl (C=O) groups is 1. The maximum absolute atomic E-state index is 12.9. The van der Waals surface area contributed by atoms with Crippen molar-refractivity contribution in [3.63, 3.8) is 0 Å². The molecule has 28 heavy (non-hydrogen) atoms. The molecule has 0 unspecified atom stereocenters. The van der Waals surface area contributed by atoms with Crippen LogP contribution in [0.3, 0.4) is 0 Å². The van der Waals surface area contributed by atoms with E-state index in [1.807, 2.05) is 48.4 Å². The largest absolute Gasteiger partial charge is 0.335 e. The zero-order valence-electron chi connectivity index (χ0n) is 15.5. The van der Waals surface area contributed by atoms with Gasteiger partial charge < -0.3 is 10.2 Å². The van der Waals surface area contributed by atoms with Crippen molar-refractivity contribution in [2.45, 2.75) is 22.4 Å². The highest BCUT2D eigenvalue weighted by molar-refractivity contribution is 8.01. The predicted octanol–water partition coefficient (Wildman–Crippen LogP) is 5.14. The van der Waals surface area contributed by atoms with Crippen LogP contribution < -0.4 is 5.32 Å². The molecule has 1 N–H and O–H groups in total. The summed E-state index contributed by atoms with van der Waals surface area (Å²) in [7, 11) is 0. The summed E-state index contributed by atoms with van der Waals surface area (Å²) >= 11 is 3.18. The number of pyridine rings is 1. The number of rotatable bonds is 5. The van der Waals surface area contributed by atoms with Gasteiger partial charge in [-0.2, -0.15) is 0 Å². The van der Waals surface area contributed by atoms with E-state index in [2.05, 4.69) is 33.5 Å². The third kappa shape index (κ3) is 4.43. The van der Waals surface area contributed by atoms with Crippen LogP contribution >= 0.6 is 23.1 Å². The van der Waals surface area contributed by atoms with Crippen molar-refractivity contribution in [1.29, 1.82) is 0 Å². The molecule has 1 aromatic carbocycles. The van der Waals surface area contributed by atoms with Gasteiger partial charge in [0.25, 0.3) is 5.91 Å². The highest BCUT2D eigenvalue weighted by Gasteiger charge is 2.18. The lowest BCUT2D eigenvalue weighted by Crippen LogP contribution is -2.34. The summed E-state index contributed by atoms with van der Waals surface area (Å²) < 4.78 is 1.06. The molecule has 5 nitrogen and oxygen atoms in total. The molecule has 4 rings (SSSR count). The van der Waals surface area contributed by atoms with Gasteiger partial charge in [0, 0.05) is 29.7 Å². The van der Waals surface area contributed by atoms with Gasteiger partial charge in [0.05, 0.1) is 10.4 Å². The van der Waals surface area contributed by atoms with E-state index in [9.17, 15) is 4.79 Å². The summed E-state index contributed by atoms with van der Waals surface area (Å²) in [6.45, 7) is 3.46. The zero-order valence-corrected chi connectivity index (χ0v) is 17.1. The monoisotopic (exact) mass is 408 g/mol. The molecule has 0 saturated heterocycles. The van der Waals surface area contributed by atoms with Crippen LogP contribution in [0.25, 0.3) is 0 Å². The second kappa shape index (κ2) is 8.58. The van der Waals surface area contributed by atoms with E-state index in [1.54, 1.807) is 29.3 Å². The van der Waals surface area contributed by atoms with E-state index in [1.165, 1.54) is 0 Å². The highest BCUT2D eigenvalue weighted by atomic mass is 32.2. The number of benzene rings is 1. The number of aromatic nitrogens is 2. The Hall–Kier alpha value is -2.64. The van der Waals surface area contributed by atoms with Crippen LogP contribution in [0.15, 0.2) is 70.0 Å². The standard InChI is InChI=1S/C21H20N4OS2/c1-15-8-9-16(13-17(15)20(26)25-11-5-2-6-12-25)27-19-14-23-21(28-19)24-18-7-3-4-10-22-18/h2-5,7-10,13-14H,6,11-12H2,1H3,(H,22,23,24). The number of hydrogen-bond acceptors (Lipinski definition) is 6. The average Bonchev–Trinajstić information content (AvgIpc) is 3.17. The summed E-state index contributed by atoms with van der Waals surface area (Å²) in [5, 5.41) is 4.00. The van der Waals surface area contributed by atoms with Crippen molar-refractivity contribution in [2.75, 3.05) is 18.4 Å². The minimum absolute atomic E-state index is 0.103. The van der Waals surface area contributed by atoms with E-state index >= 15 is 0 Å². The molecule has 0 radical (unpaired) electrons. The lowest BCUT2D eigenvalue weighted by molar-refractivity contribution is 0.0770. The lowest BCUT2D eigenvalue weighted by Gasteiger charge is -2.24. The van der Waals surface area contributed by atoms with Crippen LogP contribution in [0.4, 0.5) is 10.9 Å². The van der Waals surface area contributed by atoms with E-state index in [0.29, 0.717) is 6.54 Å². The number of anilines is 2. The Bertz CT molecular complexity index is 1000. The van der Waals surface area contributed by atoms with Crippen molar-refractivity contribution in [3.05, 3.63) is 72.1 Å². The van der Waals surface area contributed by atoms with Crippen LogP contribution in [0, 0.1) is 6.92 Å². The van der Waals surface area contributed by atoms with Crippen molar-refractivity contribution in [2.24, 2.45) is 0 Å². The van der Waals surface area contributed by atoms with Gasteiger partial charge in [-0.25, -0.2) is 9.97 Å². The average molecular weight is 409 g/mol. The fraction of sp³-hybridized carbons (Fsp3) is 0.190. The quantitative estimate of drug-likeness (QED) is 0.592. The highest BCUT2D eigenvalue weighted by Crippen LogP contribution is 2.35. The minimum atomic E-state index is 0.103. The summed E-state index contributed by atoms with van der Waals surface area (Å²) in [5.41, 5.74) is 1.78. The number of nitrogens with one attached hydrogen (secondary N) is 1. The Morgan fingerprint density at radius 1 is 1.21 bits per heavy atom. The number of hydrogen-bond donors (Lipinski definition) is 1. The summed E-state index contributed by atoms with van der Waals surface area (Å²) in [6, 6.07) is 11.8. The van der Waals surface area contributed by atoms with E-state index in [0.717, 1.165) is 44.1 Å². The lowest BCUT2D eigenvalue weighted by atomic mass is 10.1. The van der Waals surface area contributed by atoms with Gasteiger partial charge in [0.2, 0.25) is 0 Å². The molecule has 1 amide bonds. The molecule has 0 aliphatic carbocycles. The molecule has 0 bridgehead atoms.